The maximum Gasteiger partial charge on any atom is 0.0131 e. The number of likely N-dealkylation sites (tertiary alicyclic amines) is 1. The van der Waals surface area contributed by atoms with E-state index in [-0.39, 0.29) is 0 Å². The van der Waals surface area contributed by atoms with Crippen LogP contribution in [0.5, 0.6) is 0 Å². The van der Waals surface area contributed by atoms with E-state index in [9.17, 15) is 0 Å². The van der Waals surface area contributed by atoms with Gasteiger partial charge in [0.1, 0.15) is 0 Å². The van der Waals surface area contributed by atoms with Gasteiger partial charge in [-0.2, -0.15) is 0 Å². The molecule has 0 radical (unpaired) electrons. The maximum atomic E-state index is 6.53. The van der Waals surface area contributed by atoms with Crippen LogP contribution in [0.4, 0.5) is 0 Å². The van der Waals surface area contributed by atoms with Gasteiger partial charge in [-0.1, -0.05) is 34.1 Å². The van der Waals surface area contributed by atoms with Crippen molar-refractivity contribution in [2.75, 3.05) is 13.1 Å². The van der Waals surface area contributed by atoms with Crippen LogP contribution in [0.25, 0.3) is 0 Å². The molecule has 18 heavy (non-hydrogen) atoms. The van der Waals surface area contributed by atoms with E-state index in [1.807, 2.05) is 0 Å². The van der Waals surface area contributed by atoms with Crippen LogP contribution in [0.1, 0.15) is 59.8 Å². The smallest absolute Gasteiger partial charge is 0.0131 e. The topological polar surface area (TPSA) is 29.3 Å². The minimum absolute atomic E-state index is 0.343. The van der Waals surface area contributed by atoms with E-state index in [4.69, 9.17) is 5.73 Å². The number of hydrogen-bond donors (Lipinski definition) is 1. The standard InChI is InChI=1S/C16H32N2/c1-12(2)14-8-6-10-18(14)11-13-7-5-9-16(3,4)15(13)17/h12-15H,5-11,17H2,1-4H3. The SMILES string of the molecule is CC(C)C1CCCN1CC1CCCC(C)(C)C1N. The fourth-order valence-corrected chi connectivity index (χ4v) is 4.14. The van der Waals surface area contributed by atoms with E-state index in [0.717, 1.165) is 12.0 Å². The van der Waals surface area contributed by atoms with Crippen LogP contribution in [-0.4, -0.2) is 30.1 Å². The molecule has 2 aliphatic rings. The van der Waals surface area contributed by atoms with E-state index in [0.29, 0.717) is 17.4 Å². The summed E-state index contributed by atoms with van der Waals surface area (Å²) >= 11 is 0. The van der Waals surface area contributed by atoms with E-state index in [1.165, 1.54) is 45.2 Å². The first-order valence-electron chi connectivity index (χ1n) is 7.91. The fourth-order valence-electron chi connectivity index (χ4n) is 4.14. The number of hydrogen-bond acceptors (Lipinski definition) is 2. The van der Waals surface area contributed by atoms with Crippen molar-refractivity contribution in [2.24, 2.45) is 23.0 Å². The third-order valence-electron chi connectivity index (χ3n) is 5.46. The largest absolute Gasteiger partial charge is 0.327 e. The lowest BCUT2D eigenvalue weighted by Crippen LogP contribution is -2.51. The molecule has 106 valence electrons. The number of nitrogens with two attached hydrogens (primary N) is 1. The van der Waals surface area contributed by atoms with E-state index in [1.54, 1.807) is 0 Å². The Hall–Kier alpha value is -0.0800. The summed E-state index contributed by atoms with van der Waals surface area (Å²) in [7, 11) is 0. The summed E-state index contributed by atoms with van der Waals surface area (Å²) in [4.78, 5) is 2.73. The molecule has 1 heterocycles. The van der Waals surface area contributed by atoms with Gasteiger partial charge in [-0.05, 0) is 49.5 Å². The molecule has 0 bridgehead atoms. The van der Waals surface area contributed by atoms with Crippen LogP contribution in [0.15, 0.2) is 0 Å². The molecule has 2 heteroatoms. The van der Waals surface area contributed by atoms with Crippen molar-refractivity contribution in [3.05, 3.63) is 0 Å². The second-order valence-corrected chi connectivity index (χ2v) is 7.62. The first-order valence-corrected chi connectivity index (χ1v) is 7.91. The Morgan fingerprint density at radius 2 is 1.94 bits per heavy atom. The Balaban J connectivity index is 1.96. The minimum atomic E-state index is 0.343. The molecule has 2 N–H and O–H groups in total. The molecular formula is C16H32N2. The van der Waals surface area contributed by atoms with Crippen molar-refractivity contribution in [1.29, 1.82) is 0 Å². The molecular weight excluding hydrogens is 220 g/mol. The first kappa shape index (κ1) is 14.3. The lowest BCUT2D eigenvalue weighted by atomic mass is 9.68. The number of rotatable bonds is 3. The monoisotopic (exact) mass is 252 g/mol. The third-order valence-corrected chi connectivity index (χ3v) is 5.46. The van der Waals surface area contributed by atoms with Crippen LogP contribution in [0, 0.1) is 17.3 Å². The van der Waals surface area contributed by atoms with Crippen molar-refractivity contribution in [1.82, 2.24) is 4.90 Å². The summed E-state index contributed by atoms with van der Waals surface area (Å²) in [5, 5.41) is 0. The summed E-state index contributed by atoms with van der Waals surface area (Å²) in [5.41, 5.74) is 6.87. The zero-order chi connectivity index (χ0) is 13.3. The van der Waals surface area contributed by atoms with Gasteiger partial charge >= 0.3 is 0 Å². The predicted octanol–water partition coefficient (Wildman–Crippen LogP) is 3.26. The Kier molecular flexibility index (Phi) is 4.38. The molecule has 0 aromatic heterocycles. The lowest BCUT2D eigenvalue weighted by Gasteiger charge is -2.44. The normalized spacial score (nSPS) is 37.3. The molecule has 2 fully saturated rings. The molecule has 3 atom stereocenters. The van der Waals surface area contributed by atoms with Gasteiger partial charge in [-0.3, -0.25) is 4.90 Å². The van der Waals surface area contributed by atoms with Gasteiger partial charge in [0, 0.05) is 18.6 Å². The Labute approximate surface area is 113 Å². The molecule has 2 rings (SSSR count). The molecule has 0 spiro atoms. The van der Waals surface area contributed by atoms with Crippen LogP contribution >= 0.6 is 0 Å². The molecule has 3 unspecified atom stereocenters. The molecule has 0 aromatic carbocycles. The molecule has 2 nitrogen and oxygen atoms in total. The maximum absolute atomic E-state index is 6.53. The fraction of sp³-hybridized carbons (Fsp3) is 1.00. The quantitative estimate of drug-likeness (QED) is 0.835. The third kappa shape index (κ3) is 2.91. The average molecular weight is 252 g/mol. The molecule has 1 aliphatic heterocycles. The summed E-state index contributed by atoms with van der Waals surface area (Å²) in [6.45, 7) is 12.0. The van der Waals surface area contributed by atoms with Gasteiger partial charge in [-0.25, -0.2) is 0 Å². The van der Waals surface area contributed by atoms with Gasteiger partial charge in [0.15, 0.2) is 0 Å². The molecule has 0 amide bonds. The Morgan fingerprint density at radius 1 is 1.22 bits per heavy atom. The van der Waals surface area contributed by atoms with E-state index >= 15 is 0 Å². The second-order valence-electron chi connectivity index (χ2n) is 7.62. The van der Waals surface area contributed by atoms with Crippen LogP contribution < -0.4 is 5.73 Å². The summed E-state index contributed by atoms with van der Waals surface area (Å²) in [5.74, 6) is 1.51. The van der Waals surface area contributed by atoms with Gasteiger partial charge in [-0.15, -0.1) is 0 Å². The highest BCUT2D eigenvalue weighted by Crippen LogP contribution is 2.39. The lowest BCUT2D eigenvalue weighted by molar-refractivity contribution is 0.0888. The van der Waals surface area contributed by atoms with Gasteiger partial charge in [0.05, 0.1) is 0 Å². The van der Waals surface area contributed by atoms with Crippen molar-refractivity contribution in [3.8, 4) is 0 Å². The van der Waals surface area contributed by atoms with E-state index in [2.05, 4.69) is 32.6 Å². The van der Waals surface area contributed by atoms with Crippen molar-refractivity contribution in [3.63, 3.8) is 0 Å². The van der Waals surface area contributed by atoms with Crippen LogP contribution in [0.2, 0.25) is 0 Å². The van der Waals surface area contributed by atoms with Crippen molar-refractivity contribution in [2.45, 2.75) is 71.9 Å². The van der Waals surface area contributed by atoms with Crippen molar-refractivity contribution < 1.29 is 0 Å². The highest BCUT2D eigenvalue weighted by Gasteiger charge is 2.38. The van der Waals surface area contributed by atoms with Gasteiger partial charge in [0.25, 0.3) is 0 Å². The Morgan fingerprint density at radius 3 is 2.61 bits per heavy atom. The minimum Gasteiger partial charge on any atom is -0.327 e. The zero-order valence-electron chi connectivity index (χ0n) is 12.8. The number of nitrogens with zero attached hydrogens (tertiary/aromatic N) is 1. The highest BCUT2D eigenvalue weighted by atomic mass is 15.2. The average Bonchev–Trinajstić information content (AvgIpc) is 2.73. The molecule has 1 saturated carbocycles. The van der Waals surface area contributed by atoms with Gasteiger partial charge in [0.2, 0.25) is 0 Å². The molecule has 0 aromatic rings. The summed E-state index contributed by atoms with van der Waals surface area (Å²) in [6, 6.07) is 1.20. The predicted molar refractivity (Wildman–Crippen MR) is 78.5 cm³/mol. The second kappa shape index (κ2) is 5.50. The van der Waals surface area contributed by atoms with Crippen LogP contribution in [0.3, 0.4) is 0 Å². The highest BCUT2D eigenvalue weighted by molar-refractivity contribution is 4.94. The van der Waals surface area contributed by atoms with Crippen LogP contribution in [-0.2, 0) is 0 Å². The Bertz CT molecular complexity index is 272. The van der Waals surface area contributed by atoms with E-state index < -0.39 is 0 Å². The van der Waals surface area contributed by atoms with Gasteiger partial charge < -0.3 is 5.73 Å². The first-order chi connectivity index (χ1) is 8.42. The molecule has 1 saturated heterocycles. The molecule has 1 aliphatic carbocycles. The zero-order valence-corrected chi connectivity index (χ0v) is 12.8. The van der Waals surface area contributed by atoms with Crippen molar-refractivity contribution >= 4 is 0 Å². The summed E-state index contributed by atoms with van der Waals surface area (Å²) in [6.07, 6.45) is 6.78. The summed E-state index contributed by atoms with van der Waals surface area (Å²) < 4.78 is 0.